The molecule has 2 aromatic rings. The number of rotatable bonds is 5. The van der Waals surface area contributed by atoms with Crippen LogP contribution < -0.4 is 5.32 Å². The van der Waals surface area contributed by atoms with Crippen molar-refractivity contribution in [2.75, 3.05) is 13.1 Å². The molecule has 3 rings (SSSR count). The number of piperidine rings is 1. The van der Waals surface area contributed by atoms with E-state index in [0.29, 0.717) is 37.1 Å². The zero-order chi connectivity index (χ0) is 19.2. The normalized spacial score (nSPS) is 14.8. The lowest BCUT2D eigenvalue weighted by atomic mass is 9.95. The molecule has 1 heterocycles. The molecule has 1 saturated heterocycles. The van der Waals surface area contributed by atoms with Gasteiger partial charge in [0.1, 0.15) is 11.6 Å². The zero-order valence-electron chi connectivity index (χ0n) is 15.0. The Hall–Kier alpha value is -2.76. The standard InChI is InChI=1S/C21H22F2N2O2/c22-18-6-3-4-15(12-18)13-20(26)25-10-8-16(9-11-25)21(27)24-14-17-5-1-2-7-19(17)23/h1-7,12,16H,8-11,13-14H2,(H,24,27). The Kier molecular flexibility index (Phi) is 6.16. The lowest BCUT2D eigenvalue weighted by Gasteiger charge is -2.31. The molecule has 4 nitrogen and oxygen atoms in total. The van der Waals surface area contributed by atoms with Crippen LogP contribution in [0.1, 0.15) is 24.0 Å². The highest BCUT2D eigenvalue weighted by molar-refractivity contribution is 5.81. The maximum Gasteiger partial charge on any atom is 0.226 e. The summed E-state index contributed by atoms with van der Waals surface area (Å²) in [5, 5.41) is 2.78. The molecule has 0 radical (unpaired) electrons. The minimum Gasteiger partial charge on any atom is -0.352 e. The second kappa shape index (κ2) is 8.75. The van der Waals surface area contributed by atoms with Crippen LogP contribution in [0.15, 0.2) is 48.5 Å². The van der Waals surface area contributed by atoms with Crippen molar-refractivity contribution < 1.29 is 18.4 Å². The molecule has 2 aromatic carbocycles. The summed E-state index contributed by atoms with van der Waals surface area (Å²) < 4.78 is 26.8. The number of halogens is 2. The van der Waals surface area contributed by atoms with E-state index >= 15 is 0 Å². The van der Waals surface area contributed by atoms with Crippen LogP contribution in [0, 0.1) is 17.6 Å². The molecule has 0 spiro atoms. The summed E-state index contributed by atoms with van der Waals surface area (Å²) >= 11 is 0. The fraction of sp³-hybridized carbons (Fsp3) is 0.333. The number of carbonyl (C=O) groups is 2. The Morgan fingerprint density at radius 2 is 1.78 bits per heavy atom. The minimum absolute atomic E-state index is 0.0641. The number of likely N-dealkylation sites (tertiary alicyclic amines) is 1. The highest BCUT2D eigenvalue weighted by Crippen LogP contribution is 2.19. The van der Waals surface area contributed by atoms with Gasteiger partial charge in [-0.3, -0.25) is 9.59 Å². The molecular formula is C21H22F2N2O2. The van der Waals surface area contributed by atoms with E-state index in [4.69, 9.17) is 0 Å². The fourth-order valence-electron chi connectivity index (χ4n) is 3.29. The van der Waals surface area contributed by atoms with Gasteiger partial charge < -0.3 is 10.2 Å². The number of nitrogens with zero attached hydrogens (tertiary/aromatic N) is 1. The van der Waals surface area contributed by atoms with Crippen LogP contribution in [0.4, 0.5) is 8.78 Å². The van der Waals surface area contributed by atoms with Crippen LogP contribution in [-0.2, 0) is 22.6 Å². The third kappa shape index (κ3) is 5.12. The predicted octanol–water partition coefficient (Wildman–Crippen LogP) is 3.06. The SMILES string of the molecule is O=C(NCc1ccccc1F)C1CCN(C(=O)Cc2cccc(F)c2)CC1. The Balaban J connectivity index is 1.46. The summed E-state index contributed by atoms with van der Waals surface area (Å²) in [5.41, 5.74) is 1.10. The number of benzene rings is 2. The van der Waals surface area contributed by atoms with Crippen LogP contribution >= 0.6 is 0 Å². The molecule has 0 unspecified atom stereocenters. The van der Waals surface area contributed by atoms with E-state index in [-0.39, 0.29) is 42.3 Å². The molecule has 1 N–H and O–H groups in total. The van der Waals surface area contributed by atoms with Crippen LogP contribution in [0.2, 0.25) is 0 Å². The number of nitrogens with one attached hydrogen (secondary N) is 1. The summed E-state index contributed by atoms with van der Waals surface area (Å²) in [4.78, 5) is 26.4. The number of amides is 2. The van der Waals surface area contributed by atoms with Gasteiger partial charge in [0.15, 0.2) is 0 Å². The molecule has 1 aliphatic rings. The molecule has 27 heavy (non-hydrogen) atoms. The van der Waals surface area contributed by atoms with Crippen molar-refractivity contribution in [1.82, 2.24) is 10.2 Å². The van der Waals surface area contributed by atoms with Gasteiger partial charge in [-0.1, -0.05) is 30.3 Å². The molecule has 1 aliphatic heterocycles. The minimum atomic E-state index is -0.356. The van der Waals surface area contributed by atoms with Crippen LogP contribution in [0.25, 0.3) is 0 Å². The van der Waals surface area contributed by atoms with Gasteiger partial charge in [-0.05, 0) is 36.6 Å². The quantitative estimate of drug-likeness (QED) is 0.877. The van der Waals surface area contributed by atoms with Gasteiger partial charge >= 0.3 is 0 Å². The third-order valence-corrected chi connectivity index (χ3v) is 4.87. The van der Waals surface area contributed by atoms with E-state index < -0.39 is 0 Å². The van der Waals surface area contributed by atoms with E-state index in [1.54, 1.807) is 35.2 Å². The van der Waals surface area contributed by atoms with Gasteiger partial charge in [0.25, 0.3) is 0 Å². The second-order valence-electron chi connectivity index (χ2n) is 6.77. The van der Waals surface area contributed by atoms with Crippen molar-refractivity contribution in [3.8, 4) is 0 Å². The maximum atomic E-state index is 13.6. The summed E-state index contributed by atoms with van der Waals surface area (Å²) in [6.45, 7) is 1.14. The first kappa shape index (κ1) is 19.0. The molecule has 0 aliphatic carbocycles. The highest BCUT2D eigenvalue weighted by Gasteiger charge is 2.27. The fourth-order valence-corrected chi connectivity index (χ4v) is 3.29. The molecule has 2 amide bonds. The average molecular weight is 372 g/mol. The van der Waals surface area contributed by atoms with E-state index in [1.165, 1.54) is 18.2 Å². The van der Waals surface area contributed by atoms with Crippen molar-refractivity contribution in [2.45, 2.75) is 25.8 Å². The largest absolute Gasteiger partial charge is 0.352 e. The zero-order valence-corrected chi connectivity index (χ0v) is 15.0. The second-order valence-corrected chi connectivity index (χ2v) is 6.77. The average Bonchev–Trinajstić information content (AvgIpc) is 2.67. The van der Waals surface area contributed by atoms with E-state index in [0.717, 1.165) is 0 Å². The van der Waals surface area contributed by atoms with Crippen molar-refractivity contribution in [2.24, 2.45) is 5.92 Å². The molecule has 1 fully saturated rings. The van der Waals surface area contributed by atoms with E-state index in [9.17, 15) is 18.4 Å². The Bertz CT molecular complexity index is 817. The lowest BCUT2D eigenvalue weighted by molar-refractivity contribution is -0.135. The van der Waals surface area contributed by atoms with Gasteiger partial charge in [-0.25, -0.2) is 8.78 Å². The maximum absolute atomic E-state index is 13.6. The Morgan fingerprint density at radius 3 is 2.48 bits per heavy atom. The Labute approximate surface area is 157 Å². The predicted molar refractivity (Wildman–Crippen MR) is 97.7 cm³/mol. The monoisotopic (exact) mass is 372 g/mol. The number of hydrogen-bond donors (Lipinski definition) is 1. The molecule has 0 saturated carbocycles. The van der Waals surface area contributed by atoms with Crippen molar-refractivity contribution in [3.63, 3.8) is 0 Å². The van der Waals surface area contributed by atoms with Gasteiger partial charge in [0.05, 0.1) is 6.42 Å². The van der Waals surface area contributed by atoms with Gasteiger partial charge in [-0.15, -0.1) is 0 Å². The van der Waals surface area contributed by atoms with Crippen molar-refractivity contribution >= 4 is 11.8 Å². The smallest absolute Gasteiger partial charge is 0.226 e. The molecular weight excluding hydrogens is 350 g/mol. The third-order valence-electron chi connectivity index (χ3n) is 4.87. The Morgan fingerprint density at radius 1 is 1.04 bits per heavy atom. The highest BCUT2D eigenvalue weighted by atomic mass is 19.1. The first-order valence-electron chi connectivity index (χ1n) is 9.06. The van der Waals surface area contributed by atoms with E-state index in [1.807, 2.05) is 0 Å². The lowest BCUT2D eigenvalue weighted by Crippen LogP contribution is -2.43. The summed E-state index contributed by atoms with van der Waals surface area (Å²) in [6, 6.07) is 12.4. The number of carbonyl (C=O) groups excluding carboxylic acids is 2. The van der Waals surface area contributed by atoms with Gasteiger partial charge in [-0.2, -0.15) is 0 Å². The molecule has 142 valence electrons. The van der Waals surface area contributed by atoms with Crippen molar-refractivity contribution in [1.29, 1.82) is 0 Å². The molecule has 0 aromatic heterocycles. The van der Waals surface area contributed by atoms with Crippen molar-refractivity contribution in [3.05, 3.63) is 71.3 Å². The summed E-state index contributed by atoms with van der Waals surface area (Å²) in [6.07, 6.45) is 1.29. The molecule has 0 bridgehead atoms. The first-order valence-corrected chi connectivity index (χ1v) is 9.06. The van der Waals surface area contributed by atoms with Gasteiger partial charge in [0.2, 0.25) is 11.8 Å². The molecule has 0 atom stereocenters. The molecule has 6 heteroatoms. The van der Waals surface area contributed by atoms with Crippen LogP contribution in [0.5, 0.6) is 0 Å². The topological polar surface area (TPSA) is 49.4 Å². The number of hydrogen-bond acceptors (Lipinski definition) is 2. The van der Waals surface area contributed by atoms with Crippen LogP contribution in [0.3, 0.4) is 0 Å². The summed E-state index contributed by atoms with van der Waals surface area (Å²) in [5.74, 6) is -1.06. The van der Waals surface area contributed by atoms with Crippen LogP contribution in [-0.4, -0.2) is 29.8 Å². The first-order chi connectivity index (χ1) is 13.0. The van der Waals surface area contributed by atoms with E-state index in [2.05, 4.69) is 5.32 Å². The summed E-state index contributed by atoms with van der Waals surface area (Å²) in [7, 11) is 0. The van der Waals surface area contributed by atoms with Gasteiger partial charge in [0, 0.05) is 31.1 Å².